The largest absolute Gasteiger partial charge is 0.382 e. The van der Waals surface area contributed by atoms with Crippen molar-refractivity contribution < 1.29 is 9.18 Å². The van der Waals surface area contributed by atoms with Gasteiger partial charge in [-0.25, -0.2) is 19.3 Å². The molecular weight excluding hydrogens is 389 g/mol. The molecule has 11 heteroatoms. The molecular formula is C19H16FN9O. The topological polar surface area (TPSA) is 137 Å². The molecule has 4 N–H and O–H groups in total. The number of nitrogens with two attached hydrogens (primary N) is 1. The number of aromatic nitrogens is 6. The van der Waals surface area contributed by atoms with Crippen LogP contribution in [0.25, 0.3) is 5.82 Å². The van der Waals surface area contributed by atoms with Gasteiger partial charge in [-0.05, 0) is 30.3 Å². The molecule has 1 aromatic carbocycles. The summed E-state index contributed by atoms with van der Waals surface area (Å²) in [6.07, 6.45) is 7.27. The molecule has 0 bridgehead atoms. The molecule has 0 aliphatic rings. The van der Waals surface area contributed by atoms with E-state index >= 15 is 0 Å². The maximum Gasteiger partial charge on any atom is 0.275 e. The van der Waals surface area contributed by atoms with Gasteiger partial charge in [-0.1, -0.05) is 0 Å². The lowest BCUT2D eigenvalue weighted by atomic mass is 10.1. The number of nitrogen functional groups attached to an aromatic ring is 1. The second-order valence-electron chi connectivity index (χ2n) is 6.13. The number of rotatable bonds is 6. The first kappa shape index (κ1) is 18.9. The summed E-state index contributed by atoms with van der Waals surface area (Å²) in [5.41, 5.74) is 7.23. The minimum Gasteiger partial charge on any atom is -0.382 e. The van der Waals surface area contributed by atoms with Crippen LogP contribution in [-0.2, 0) is 6.54 Å². The Hall–Kier alpha value is -4.41. The summed E-state index contributed by atoms with van der Waals surface area (Å²) in [4.78, 5) is 25.9. The third kappa shape index (κ3) is 4.19. The van der Waals surface area contributed by atoms with E-state index in [0.717, 1.165) is 0 Å². The fourth-order valence-electron chi connectivity index (χ4n) is 2.62. The summed E-state index contributed by atoms with van der Waals surface area (Å²) in [7, 11) is 0. The number of nitrogens with zero attached hydrogens (tertiary/aromatic N) is 6. The van der Waals surface area contributed by atoms with Gasteiger partial charge >= 0.3 is 0 Å². The van der Waals surface area contributed by atoms with E-state index in [-0.39, 0.29) is 12.2 Å². The van der Waals surface area contributed by atoms with Gasteiger partial charge in [-0.3, -0.25) is 4.79 Å². The highest BCUT2D eigenvalue weighted by atomic mass is 19.1. The molecule has 0 aliphatic heterocycles. The number of benzene rings is 1. The minimum absolute atomic E-state index is 0.0954. The van der Waals surface area contributed by atoms with Gasteiger partial charge < -0.3 is 16.4 Å². The van der Waals surface area contributed by atoms with Gasteiger partial charge in [0.25, 0.3) is 5.91 Å². The molecule has 3 aromatic heterocycles. The first-order valence-electron chi connectivity index (χ1n) is 8.83. The third-order valence-corrected chi connectivity index (χ3v) is 4.11. The number of amides is 1. The van der Waals surface area contributed by atoms with Crippen LogP contribution in [-0.4, -0.2) is 35.9 Å². The smallest absolute Gasteiger partial charge is 0.275 e. The van der Waals surface area contributed by atoms with Gasteiger partial charge in [-0.2, -0.15) is 10.2 Å². The predicted molar refractivity (Wildman–Crippen MR) is 107 cm³/mol. The van der Waals surface area contributed by atoms with Crippen molar-refractivity contribution in [2.75, 3.05) is 16.4 Å². The quantitative estimate of drug-likeness (QED) is 0.443. The second kappa shape index (κ2) is 8.31. The molecule has 10 nitrogen and oxygen atoms in total. The normalized spacial score (nSPS) is 10.6. The predicted octanol–water partition coefficient (Wildman–Crippen LogP) is 2.04. The van der Waals surface area contributed by atoms with Crippen molar-refractivity contribution in [3.63, 3.8) is 0 Å². The van der Waals surface area contributed by atoms with E-state index < -0.39 is 11.7 Å². The van der Waals surface area contributed by atoms with Crippen molar-refractivity contribution in [2.45, 2.75) is 6.54 Å². The van der Waals surface area contributed by atoms with Crippen molar-refractivity contribution in [1.82, 2.24) is 29.9 Å². The van der Waals surface area contributed by atoms with E-state index in [9.17, 15) is 9.18 Å². The van der Waals surface area contributed by atoms with Gasteiger partial charge in [0.1, 0.15) is 17.3 Å². The second-order valence-corrected chi connectivity index (χ2v) is 6.13. The lowest BCUT2D eigenvalue weighted by molar-refractivity contribution is 0.102. The number of carbonyl (C=O) groups excluding carboxylic acids is 1. The van der Waals surface area contributed by atoms with Gasteiger partial charge in [0, 0.05) is 24.0 Å². The van der Waals surface area contributed by atoms with Crippen LogP contribution in [0.15, 0.2) is 61.3 Å². The Morgan fingerprint density at radius 3 is 2.63 bits per heavy atom. The summed E-state index contributed by atoms with van der Waals surface area (Å²) in [6.45, 7) is 0.164. The van der Waals surface area contributed by atoms with Crippen LogP contribution in [0.3, 0.4) is 0 Å². The first-order chi connectivity index (χ1) is 14.6. The van der Waals surface area contributed by atoms with E-state index in [1.165, 1.54) is 47.8 Å². The molecule has 0 saturated heterocycles. The molecule has 4 rings (SSSR count). The van der Waals surface area contributed by atoms with Crippen molar-refractivity contribution in [1.29, 1.82) is 0 Å². The van der Waals surface area contributed by atoms with Crippen LogP contribution < -0.4 is 16.4 Å². The molecule has 0 radical (unpaired) electrons. The first-order valence-corrected chi connectivity index (χ1v) is 8.83. The Balaban J connectivity index is 1.44. The number of carbonyl (C=O) groups is 1. The van der Waals surface area contributed by atoms with Crippen LogP contribution in [0.4, 0.5) is 21.6 Å². The van der Waals surface area contributed by atoms with Gasteiger partial charge in [-0.15, -0.1) is 4.80 Å². The van der Waals surface area contributed by atoms with Crippen LogP contribution in [0.5, 0.6) is 0 Å². The summed E-state index contributed by atoms with van der Waals surface area (Å²) in [5, 5.41) is 13.6. The van der Waals surface area contributed by atoms with E-state index in [4.69, 9.17) is 5.73 Å². The number of halogens is 1. The molecule has 3 heterocycles. The van der Waals surface area contributed by atoms with Gasteiger partial charge in [0.05, 0.1) is 30.5 Å². The molecule has 0 aliphatic carbocycles. The number of hydrogen-bond acceptors (Lipinski definition) is 8. The van der Waals surface area contributed by atoms with Crippen LogP contribution in [0.1, 0.15) is 16.1 Å². The minimum atomic E-state index is -0.482. The van der Waals surface area contributed by atoms with Gasteiger partial charge in [0.2, 0.25) is 0 Å². The Bertz CT molecular complexity index is 1160. The van der Waals surface area contributed by atoms with E-state index in [0.29, 0.717) is 28.6 Å². The Kier molecular flexibility index (Phi) is 5.24. The molecule has 0 spiro atoms. The zero-order chi connectivity index (χ0) is 20.9. The summed E-state index contributed by atoms with van der Waals surface area (Å²) in [5.74, 6) is -0.209. The molecule has 1 amide bonds. The summed E-state index contributed by atoms with van der Waals surface area (Å²) < 4.78 is 14.2. The van der Waals surface area contributed by atoms with Crippen LogP contribution in [0, 0.1) is 5.82 Å². The third-order valence-electron chi connectivity index (χ3n) is 4.11. The number of anilines is 3. The standard InChI is InChI=1S/C19H16FN9O/c20-14-4-3-13(8-12(14)9-23-15-2-1-5-22-18(15)21)28-19(30)16-10-25-17(11-24-16)29-26-6-7-27-29/h1-8,10-11,23H,9H2,(H2,21,22)(H,28,30). The highest BCUT2D eigenvalue weighted by molar-refractivity contribution is 6.02. The SMILES string of the molecule is Nc1ncccc1NCc1cc(NC(=O)c2cnc(-n3nccn3)cn2)ccc1F. The van der Waals surface area contributed by atoms with Crippen molar-refractivity contribution in [3.8, 4) is 5.82 Å². The Morgan fingerprint density at radius 2 is 1.90 bits per heavy atom. The molecule has 0 fully saturated rings. The summed E-state index contributed by atoms with van der Waals surface area (Å²) >= 11 is 0. The number of pyridine rings is 1. The molecule has 0 unspecified atom stereocenters. The molecule has 30 heavy (non-hydrogen) atoms. The van der Waals surface area contributed by atoms with E-state index in [1.54, 1.807) is 18.3 Å². The molecule has 4 aromatic rings. The fourth-order valence-corrected chi connectivity index (χ4v) is 2.62. The highest BCUT2D eigenvalue weighted by Crippen LogP contribution is 2.19. The molecule has 0 saturated carbocycles. The highest BCUT2D eigenvalue weighted by Gasteiger charge is 2.12. The average Bonchev–Trinajstić information content (AvgIpc) is 3.30. The lowest BCUT2D eigenvalue weighted by Gasteiger charge is -2.11. The average molecular weight is 405 g/mol. The molecule has 150 valence electrons. The molecule has 0 atom stereocenters. The van der Waals surface area contributed by atoms with Crippen molar-refractivity contribution >= 4 is 23.1 Å². The Labute approximate surface area is 170 Å². The van der Waals surface area contributed by atoms with E-state index in [1.807, 2.05) is 0 Å². The van der Waals surface area contributed by atoms with Gasteiger partial charge in [0.15, 0.2) is 5.82 Å². The zero-order valence-corrected chi connectivity index (χ0v) is 15.5. The van der Waals surface area contributed by atoms with Crippen molar-refractivity contribution in [3.05, 3.63) is 78.4 Å². The monoisotopic (exact) mass is 405 g/mol. The van der Waals surface area contributed by atoms with Crippen LogP contribution >= 0.6 is 0 Å². The van der Waals surface area contributed by atoms with E-state index in [2.05, 4.69) is 35.8 Å². The van der Waals surface area contributed by atoms with Crippen molar-refractivity contribution in [2.24, 2.45) is 0 Å². The Morgan fingerprint density at radius 1 is 1.07 bits per heavy atom. The maximum absolute atomic E-state index is 14.2. The zero-order valence-electron chi connectivity index (χ0n) is 15.5. The van der Waals surface area contributed by atoms with Crippen LogP contribution in [0.2, 0.25) is 0 Å². The fraction of sp³-hybridized carbons (Fsp3) is 0.0526. The number of hydrogen-bond donors (Lipinski definition) is 3. The number of nitrogens with one attached hydrogen (secondary N) is 2. The maximum atomic E-state index is 14.2. The lowest BCUT2D eigenvalue weighted by Crippen LogP contribution is -2.15. The summed E-state index contributed by atoms with van der Waals surface area (Å²) in [6, 6.07) is 7.73.